The highest BCUT2D eigenvalue weighted by Gasteiger charge is 2.21. The SMILES string of the molecule is CCCN(CCC)C(=O)c1cccc(C(=O)N[C@H](CN[C@@H](C)C(=O)NCC(C)C)Cc2cc(F)cc(F)c2)c1. The number of hydrogen-bond donors (Lipinski definition) is 3. The Kier molecular flexibility index (Phi) is 13.0. The molecule has 0 bridgehead atoms. The quantitative estimate of drug-likeness (QED) is 0.312. The maximum Gasteiger partial charge on any atom is 0.253 e. The molecule has 0 aliphatic heterocycles. The topological polar surface area (TPSA) is 90.5 Å². The zero-order valence-corrected chi connectivity index (χ0v) is 23.7. The van der Waals surface area contributed by atoms with Gasteiger partial charge in [0.15, 0.2) is 0 Å². The van der Waals surface area contributed by atoms with Gasteiger partial charge in [-0.05, 0) is 68.0 Å². The molecule has 0 saturated carbocycles. The molecule has 9 heteroatoms. The predicted molar refractivity (Wildman–Crippen MR) is 150 cm³/mol. The number of rotatable bonds is 15. The highest BCUT2D eigenvalue weighted by Crippen LogP contribution is 2.13. The Morgan fingerprint density at radius 2 is 1.49 bits per heavy atom. The van der Waals surface area contributed by atoms with Gasteiger partial charge in [0, 0.05) is 49.4 Å². The second kappa shape index (κ2) is 15.9. The van der Waals surface area contributed by atoms with Gasteiger partial charge in [0.25, 0.3) is 11.8 Å². The summed E-state index contributed by atoms with van der Waals surface area (Å²) in [6, 6.07) is 8.62. The lowest BCUT2D eigenvalue weighted by molar-refractivity contribution is -0.122. The van der Waals surface area contributed by atoms with Crippen LogP contribution in [0, 0.1) is 17.6 Å². The minimum atomic E-state index is -0.709. The summed E-state index contributed by atoms with van der Waals surface area (Å²) >= 11 is 0. The Labute approximate surface area is 230 Å². The smallest absolute Gasteiger partial charge is 0.253 e. The first-order valence-corrected chi connectivity index (χ1v) is 13.7. The van der Waals surface area contributed by atoms with Gasteiger partial charge in [-0.25, -0.2) is 8.78 Å². The molecule has 2 rings (SSSR count). The molecule has 214 valence electrons. The van der Waals surface area contributed by atoms with Gasteiger partial charge in [-0.1, -0.05) is 33.8 Å². The van der Waals surface area contributed by atoms with Crippen LogP contribution in [-0.2, 0) is 11.2 Å². The van der Waals surface area contributed by atoms with E-state index < -0.39 is 29.6 Å². The Bertz CT molecular complexity index is 1080. The van der Waals surface area contributed by atoms with Gasteiger partial charge in [-0.2, -0.15) is 0 Å². The zero-order chi connectivity index (χ0) is 28.9. The van der Waals surface area contributed by atoms with Crippen LogP contribution in [0.4, 0.5) is 8.78 Å². The molecule has 3 N–H and O–H groups in total. The molecule has 39 heavy (non-hydrogen) atoms. The van der Waals surface area contributed by atoms with Crippen molar-refractivity contribution < 1.29 is 23.2 Å². The summed E-state index contributed by atoms with van der Waals surface area (Å²) in [5.41, 5.74) is 1.09. The maximum absolute atomic E-state index is 13.8. The fourth-order valence-electron chi connectivity index (χ4n) is 4.16. The summed E-state index contributed by atoms with van der Waals surface area (Å²) in [7, 11) is 0. The molecule has 2 atom stereocenters. The highest BCUT2D eigenvalue weighted by molar-refractivity contribution is 5.99. The van der Waals surface area contributed by atoms with Crippen LogP contribution in [-0.4, -0.2) is 60.9 Å². The van der Waals surface area contributed by atoms with E-state index in [0.717, 1.165) is 18.9 Å². The first kappa shape index (κ1) is 31.9. The van der Waals surface area contributed by atoms with Gasteiger partial charge in [0.05, 0.1) is 6.04 Å². The van der Waals surface area contributed by atoms with E-state index in [1.54, 1.807) is 36.1 Å². The molecule has 0 aliphatic carbocycles. The second-order valence-electron chi connectivity index (χ2n) is 10.3. The van der Waals surface area contributed by atoms with Crippen molar-refractivity contribution >= 4 is 17.7 Å². The van der Waals surface area contributed by atoms with E-state index in [2.05, 4.69) is 16.0 Å². The fourth-order valence-corrected chi connectivity index (χ4v) is 4.16. The van der Waals surface area contributed by atoms with Crippen molar-refractivity contribution in [1.82, 2.24) is 20.9 Å². The van der Waals surface area contributed by atoms with E-state index in [-0.39, 0.29) is 24.8 Å². The monoisotopic (exact) mass is 544 g/mol. The number of nitrogens with zero attached hydrogens (tertiary/aromatic N) is 1. The largest absolute Gasteiger partial charge is 0.354 e. The first-order valence-electron chi connectivity index (χ1n) is 13.7. The Morgan fingerprint density at radius 1 is 0.872 bits per heavy atom. The molecule has 0 heterocycles. The Balaban J connectivity index is 2.20. The van der Waals surface area contributed by atoms with Crippen molar-refractivity contribution in [1.29, 1.82) is 0 Å². The van der Waals surface area contributed by atoms with Crippen molar-refractivity contribution in [2.75, 3.05) is 26.2 Å². The molecule has 0 aromatic heterocycles. The lowest BCUT2D eigenvalue weighted by atomic mass is 10.0. The summed E-state index contributed by atoms with van der Waals surface area (Å²) < 4.78 is 27.7. The average Bonchev–Trinajstić information content (AvgIpc) is 2.89. The molecule has 0 aliphatic rings. The number of benzene rings is 2. The maximum atomic E-state index is 13.8. The normalized spacial score (nSPS) is 12.6. The van der Waals surface area contributed by atoms with Crippen molar-refractivity contribution in [3.63, 3.8) is 0 Å². The number of halogens is 2. The fraction of sp³-hybridized carbons (Fsp3) is 0.500. The number of amides is 3. The minimum absolute atomic E-state index is 0.132. The van der Waals surface area contributed by atoms with Crippen molar-refractivity contribution in [3.8, 4) is 0 Å². The Hall–Kier alpha value is -3.33. The van der Waals surface area contributed by atoms with E-state index in [9.17, 15) is 23.2 Å². The van der Waals surface area contributed by atoms with Crippen LogP contribution in [0.1, 0.15) is 73.7 Å². The van der Waals surface area contributed by atoms with Gasteiger partial charge in [-0.15, -0.1) is 0 Å². The molecule has 0 radical (unpaired) electrons. The number of carbonyl (C=O) groups is 3. The van der Waals surface area contributed by atoms with Crippen LogP contribution in [0.15, 0.2) is 42.5 Å². The summed E-state index contributed by atoms with van der Waals surface area (Å²) in [4.78, 5) is 40.5. The first-order chi connectivity index (χ1) is 18.5. The van der Waals surface area contributed by atoms with Gasteiger partial charge in [0.2, 0.25) is 5.91 Å². The number of hydrogen-bond acceptors (Lipinski definition) is 4. The van der Waals surface area contributed by atoms with E-state index in [0.29, 0.717) is 42.2 Å². The second-order valence-corrected chi connectivity index (χ2v) is 10.3. The van der Waals surface area contributed by atoms with Crippen LogP contribution < -0.4 is 16.0 Å². The predicted octanol–water partition coefficient (Wildman–Crippen LogP) is 4.32. The summed E-state index contributed by atoms with van der Waals surface area (Å²) in [6.07, 6.45) is 1.79. The lowest BCUT2D eigenvalue weighted by Crippen LogP contribution is -2.50. The minimum Gasteiger partial charge on any atom is -0.354 e. The third-order valence-corrected chi connectivity index (χ3v) is 6.13. The highest BCUT2D eigenvalue weighted by atomic mass is 19.1. The van der Waals surface area contributed by atoms with Gasteiger partial charge in [-0.3, -0.25) is 14.4 Å². The third kappa shape index (κ3) is 10.8. The molecular formula is C30H42F2N4O3. The van der Waals surface area contributed by atoms with Crippen LogP contribution >= 0.6 is 0 Å². The van der Waals surface area contributed by atoms with Crippen molar-refractivity contribution in [3.05, 3.63) is 70.8 Å². The molecule has 2 aromatic rings. The van der Waals surface area contributed by atoms with E-state index >= 15 is 0 Å². The molecule has 2 aromatic carbocycles. The van der Waals surface area contributed by atoms with Gasteiger partial charge >= 0.3 is 0 Å². The van der Waals surface area contributed by atoms with Crippen LogP contribution in [0.5, 0.6) is 0 Å². The third-order valence-electron chi connectivity index (χ3n) is 6.13. The molecule has 0 spiro atoms. The lowest BCUT2D eigenvalue weighted by Gasteiger charge is -2.23. The van der Waals surface area contributed by atoms with Crippen molar-refractivity contribution in [2.45, 2.75) is 66.0 Å². The van der Waals surface area contributed by atoms with Gasteiger partial charge < -0.3 is 20.9 Å². The Morgan fingerprint density at radius 3 is 2.08 bits per heavy atom. The molecule has 0 saturated heterocycles. The van der Waals surface area contributed by atoms with E-state index in [1.165, 1.54) is 12.1 Å². The van der Waals surface area contributed by atoms with Crippen LogP contribution in [0.2, 0.25) is 0 Å². The molecule has 0 unspecified atom stereocenters. The zero-order valence-electron chi connectivity index (χ0n) is 23.7. The molecule has 0 fully saturated rings. The molecule has 3 amide bonds. The van der Waals surface area contributed by atoms with Crippen LogP contribution in [0.25, 0.3) is 0 Å². The summed E-state index contributed by atoms with van der Waals surface area (Å²) in [6.45, 7) is 11.7. The van der Waals surface area contributed by atoms with Crippen LogP contribution in [0.3, 0.4) is 0 Å². The van der Waals surface area contributed by atoms with E-state index in [4.69, 9.17) is 0 Å². The van der Waals surface area contributed by atoms with E-state index in [1.807, 2.05) is 27.7 Å². The average molecular weight is 545 g/mol. The molecular weight excluding hydrogens is 502 g/mol. The number of nitrogens with one attached hydrogen (secondary N) is 3. The summed E-state index contributed by atoms with van der Waals surface area (Å²) in [5, 5.41) is 8.87. The van der Waals surface area contributed by atoms with Crippen molar-refractivity contribution in [2.24, 2.45) is 5.92 Å². The standard InChI is InChI=1S/C30H42F2N4O3/c1-6-11-36(12-7-2)30(39)24-10-8-9-23(16-24)29(38)35-27(15-22-13-25(31)17-26(32)14-22)19-33-21(5)28(37)34-18-20(3)4/h8-10,13-14,16-17,20-21,27,33H,6-7,11-12,15,18-19H2,1-5H3,(H,34,37)(H,35,38)/t21-,27-/m0/s1. The summed E-state index contributed by atoms with van der Waals surface area (Å²) in [5.74, 6) is -1.86. The molecule has 7 nitrogen and oxygen atoms in total. The number of carbonyl (C=O) groups excluding carboxylic acids is 3. The van der Waals surface area contributed by atoms with Gasteiger partial charge in [0.1, 0.15) is 11.6 Å².